The third-order valence-corrected chi connectivity index (χ3v) is 4.94. The number of ether oxygens (including phenoxy) is 1. The maximum atomic E-state index is 12.4. The summed E-state index contributed by atoms with van der Waals surface area (Å²) in [7, 11) is 1.35. The number of esters is 1. The molecule has 0 spiro atoms. The van der Waals surface area contributed by atoms with E-state index >= 15 is 0 Å². The minimum Gasteiger partial charge on any atom is -0.469 e. The normalized spacial score (nSPS) is 16.5. The number of thioether (sulfide) groups is 1. The predicted octanol–water partition coefficient (Wildman–Crippen LogP) is 3.60. The van der Waals surface area contributed by atoms with Gasteiger partial charge in [-0.15, -0.1) is 0 Å². The average molecular weight is 400 g/mol. The number of methoxy groups -OCH3 is 1. The highest BCUT2D eigenvalue weighted by Gasteiger charge is 2.31. The third-order valence-electron chi connectivity index (χ3n) is 3.03. The molecule has 0 bridgehead atoms. The second-order valence-corrected chi connectivity index (χ2v) is 7.16. The molecule has 1 saturated heterocycles. The lowest BCUT2D eigenvalue weighted by Crippen LogP contribution is -2.29. The lowest BCUT2D eigenvalue weighted by molar-refractivity contribution is -0.141. The van der Waals surface area contributed by atoms with E-state index in [9.17, 15) is 9.59 Å². The number of amides is 1. The fraction of sp³-hybridized carbons (Fsp3) is 0.267. The van der Waals surface area contributed by atoms with Gasteiger partial charge in [-0.05, 0) is 30.2 Å². The van der Waals surface area contributed by atoms with Crippen LogP contribution < -0.4 is 0 Å². The molecule has 0 saturated carbocycles. The molecule has 1 fully saturated rings. The van der Waals surface area contributed by atoms with Crippen LogP contribution in [-0.4, -0.2) is 34.8 Å². The molecular weight excluding hydrogens is 386 g/mol. The van der Waals surface area contributed by atoms with Gasteiger partial charge >= 0.3 is 5.97 Å². The van der Waals surface area contributed by atoms with Gasteiger partial charge in [-0.25, -0.2) is 0 Å². The zero-order chi connectivity index (χ0) is 16.1. The molecule has 116 valence electrons. The number of hydrogen-bond acceptors (Lipinski definition) is 5. The van der Waals surface area contributed by atoms with Gasteiger partial charge < -0.3 is 4.74 Å². The molecular formula is C15H14BrNO3S2. The molecule has 2 rings (SSSR count). The largest absolute Gasteiger partial charge is 0.469 e. The summed E-state index contributed by atoms with van der Waals surface area (Å²) < 4.78 is 6.09. The molecule has 1 aromatic carbocycles. The second kappa shape index (κ2) is 7.89. The Labute approximate surface area is 147 Å². The molecule has 0 aromatic heterocycles. The zero-order valence-electron chi connectivity index (χ0n) is 11.9. The Morgan fingerprint density at radius 3 is 2.73 bits per heavy atom. The minimum atomic E-state index is -0.282. The third kappa shape index (κ3) is 4.41. The van der Waals surface area contributed by atoms with Crippen LogP contribution >= 0.6 is 39.9 Å². The number of benzene rings is 1. The summed E-state index contributed by atoms with van der Waals surface area (Å²) in [6.07, 6.45) is 2.63. The van der Waals surface area contributed by atoms with Crippen molar-refractivity contribution in [1.29, 1.82) is 0 Å². The topological polar surface area (TPSA) is 46.6 Å². The zero-order valence-corrected chi connectivity index (χ0v) is 15.1. The molecule has 1 aliphatic rings. The summed E-state index contributed by atoms with van der Waals surface area (Å²) >= 11 is 9.90. The molecule has 1 amide bonds. The van der Waals surface area contributed by atoms with Gasteiger partial charge in [0.05, 0.1) is 12.0 Å². The Morgan fingerprint density at radius 2 is 2.09 bits per heavy atom. The Bertz CT molecular complexity index is 628. The van der Waals surface area contributed by atoms with Crippen molar-refractivity contribution in [2.75, 3.05) is 13.7 Å². The molecule has 0 radical (unpaired) electrons. The number of thiocarbonyl (C=S) groups is 1. The fourth-order valence-corrected chi connectivity index (χ4v) is 3.46. The van der Waals surface area contributed by atoms with Gasteiger partial charge in [0.25, 0.3) is 5.91 Å². The number of hydrogen-bond donors (Lipinski definition) is 0. The van der Waals surface area contributed by atoms with Crippen LogP contribution in [0, 0.1) is 0 Å². The van der Waals surface area contributed by atoms with E-state index in [0.717, 1.165) is 10.0 Å². The second-order valence-electron chi connectivity index (χ2n) is 4.56. The van der Waals surface area contributed by atoms with Gasteiger partial charge in [0.1, 0.15) is 4.32 Å². The SMILES string of the molecule is COC(=O)CCCN1C(=O)/C(=C/c2ccc(Br)cc2)SC1=S. The van der Waals surface area contributed by atoms with Crippen molar-refractivity contribution in [3.63, 3.8) is 0 Å². The van der Waals surface area contributed by atoms with Crippen LogP contribution in [0.2, 0.25) is 0 Å². The Balaban J connectivity index is 2.02. The smallest absolute Gasteiger partial charge is 0.305 e. The van der Waals surface area contributed by atoms with Crippen molar-refractivity contribution in [2.24, 2.45) is 0 Å². The highest BCUT2D eigenvalue weighted by molar-refractivity contribution is 9.10. The van der Waals surface area contributed by atoms with Gasteiger partial charge in [-0.2, -0.15) is 0 Å². The molecule has 0 atom stereocenters. The van der Waals surface area contributed by atoms with Crippen LogP contribution in [0.3, 0.4) is 0 Å². The summed E-state index contributed by atoms with van der Waals surface area (Å²) in [6, 6.07) is 7.69. The summed E-state index contributed by atoms with van der Waals surface area (Å²) in [5.41, 5.74) is 0.943. The molecule has 4 nitrogen and oxygen atoms in total. The van der Waals surface area contributed by atoms with Gasteiger partial charge in [-0.1, -0.05) is 52.0 Å². The number of carbonyl (C=O) groups is 2. The van der Waals surface area contributed by atoms with Crippen molar-refractivity contribution >= 4 is 62.2 Å². The molecule has 7 heteroatoms. The van der Waals surface area contributed by atoms with Crippen molar-refractivity contribution in [3.8, 4) is 0 Å². The van der Waals surface area contributed by atoms with Gasteiger partial charge in [-0.3, -0.25) is 14.5 Å². The molecule has 0 aliphatic carbocycles. The Morgan fingerprint density at radius 1 is 1.41 bits per heavy atom. The van der Waals surface area contributed by atoms with Gasteiger partial charge in [0.15, 0.2) is 0 Å². The Kier molecular flexibility index (Phi) is 6.16. The van der Waals surface area contributed by atoms with Crippen LogP contribution in [0.15, 0.2) is 33.6 Å². The van der Waals surface area contributed by atoms with Crippen LogP contribution in [0.4, 0.5) is 0 Å². The summed E-state index contributed by atoms with van der Waals surface area (Å²) in [6.45, 7) is 0.428. The molecule has 1 heterocycles. The standard InChI is InChI=1S/C15H14BrNO3S2/c1-20-13(18)3-2-8-17-14(19)12(22-15(17)21)9-10-4-6-11(16)7-5-10/h4-7,9H,2-3,8H2,1H3/b12-9-. The molecule has 1 aliphatic heterocycles. The maximum Gasteiger partial charge on any atom is 0.305 e. The Hall–Kier alpha value is -1.18. The number of nitrogens with zero attached hydrogens (tertiary/aromatic N) is 1. The molecule has 0 unspecified atom stereocenters. The van der Waals surface area contributed by atoms with Crippen molar-refractivity contribution in [2.45, 2.75) is 12.8 Å². The van der Waals surface area contributed by atoms with E-state index < -0.39 is 0 Å². The first-order chi connectivity index (χ1) is 10.5. The first kappa shape index (κ1) is 17.2. The lowest BCUT2D eigenvalue weighted by Gasteiger charge is -2.13. The van der Waals surface area contributed by atoms with E-state index in [1.807, 2.05) is 30.3 Å². The first-order valence-corrected chi connectivity index (χ1v) is 8.61. The monoisotopic (exact) mass is 399 g/mol. The van der Waals surface area contributed by atoms with Crippen LogP contribution in [-0.2, 0) is 14.3 Å². The maximum absolute atomic E-state index is 12.4. The number of halogens is 1. The molecule has 0 N–H and O–H groups in total. The van der Waals surface area contributed by atoms with E-state index in [-0.39, 0.29) is 18.3 Å². The summed E-state index contributed by atoms with van der Waals surface area (Å²) in [5, 5.41) is 0. The summed E-state index contributed by atoms with van der Waals surface area (Å²) in [5.74, 6) is -0.390. The quantitative estimate of drug-likeness (QED) is 0.429. The summed E-state index contributed by atoms with van der Waals surface area (Å²) in [4.78, 5) is 25.6. The first-order valence-electron chi connectivity index (χ1n) is 6.59. The van der Waals surface area contributed by atoms with E-state index in [0.29, 0.717) is 22.2 Å². The van der Waals surface area contributed by atoms with E-state index in [4.69, 9.17) is 12.2 Å². The van der Waals surface area contributed by atoms with Crippen molar-refractivity contribution in [1.82, 2.24) is 4.90 Å². The molecule has 1 aromatic rings. The van der Waals surface area contributed by atoms with Gasteiger partial charge in [0, 0.05) is 17.4 Å². The van der Waals surface area contributed by atoms with Crippen LogP contribution in [0.25, 0.3) is 6.08 Å². The van der Waals surface area contributed by atoms with E-state index in [1.165, 1.54) is 23.8 Å². The highest BCUT2D eigenvalue weighted by Crippen LogP contribution is 2.32. The molecule has 22 heavy (non-hydrogen) atoms. The lowest BCUT2D eigenvalue weighted by atomic mass is 10.2. The van der Waals surface area contributed by atoms with Crippen LogP contribution in [0.5, 0.6) is 0 Å². The van der Waals surface area contributed by atoms with Crippen molar-refractivity contribution in [3.05, 3.63) is 39.2 Å². The number of carbonyl (C=O) groups excluding carboxylic acids is 2. The van der Waals surface area contributed by atoms with Crippen LogP contribution in [0.1, 0.15) is 18.4 Å². The van der Waals surface area contributed by atoms with Gasteiger partial charge in [0.2, 0.25) is 0 Å². The predicted molar refractivity (Wildman–Crippen MR) is 95.3 cm³/mol. The van der Waals surface area contributed by atoms with E-state index in [2.05, 4.69) is 20.7 Å². The van der Waals surface area contributed by atoms with Crippen molar-refractivity contribution < 1.29 is 14.3 Å². The fourth-order valence-electron chi connectivity index (χ4n) is 1.89. The number of rotatable bonds is 5. The highest BCUT2D eigenvalue weighted by atomic mass is 79.9. The minimum absolute atomic E-state index is 0.109. The van der Waals surface area contributed by atoms with E-state index in [1.54, 1.807) is 0 Å². The average Bonchev–Trinajstić information content (AvgIpc) is 2.76.